The zero-order valence-corrected chi connectivity index (χ0v) is 11.4. The molecule has 0 amide bonds. The molecule has 2 N–H and O–H groups in total. The van der Waals surface area contributed by atoms with Crippen molar-refractivity contribution in [2.75, 3.05) is 20.3 Å². The summed E-state index contributed by atoms with van der Waals surface area (Å²) in [5.41, 5.74) is 5.43. The molecule has 0 atom stereocenters. The highest BCUT2D eigenvalue weighted by Gasteiger charge is 2.42. The molecular weight excluding hydrogens is 246 g/mol. The van der Waals surface area contributed by atoms with E-state index in [1.807, 2.05) is 0 Å². The van der Waals surface area contributed by atoms with E-state index in [1.54, 1.807) is 7.11 Å². The molecule has 2 fully saturated rings. The Morgan fingerprint density at radius 1 is 1.16 bits per heavy atom. The summed E-state index contributed by atoms with van der Waals surface area (Å²) in [5, 5.41) is 4.13. The number of nitrogens with zero attached hydrogens (tertiary/aromatic N) is 2. The van der Waals surface area contributed by atoms with Gasteiger partial charge in [-0.1, -0.05) is 18.0 Å². The third-order valence-corrected chi connectivity index (χ3v) is 4.45. The molecule has 3 rings (SSSR count). The highest BCUT2D eigenvalue weighted by atomic mass is 16.5. The molecular formula is C13H21N3O3. The number of nitrogens with two attached hydrogens (primary N) is 1. The zero-order chi connectivity index (χ0) is 13.3. The molecule has 0 radical (unpaired) electrons. The minimum Gasteiger partial charge on any atom is -0.381 e. The minimum atomic E-state index is -0.477. The standard InChI is InChI=1S/C13H21N3O3/c1-17-13(6-8-18-9-7-13)10-15-11(19-16-10)12(14)4-2-3-5-12/h2-9,14H2,1H3. The third-order valence-electron chi connectivity index (χ3n) is 4.45. The van der Waals surface area contributed by atoms with Crippen LogP contribution in [0.25, 0.3) is 0 Å². The fourth-order valence-electron chi connectivity index (χ4n) is 3.05. The predicted octanol–water partition coefficient (Wildman–Crippen LogP) is 1.45. The lowest BCUT2D eigenvalue weighted by molar-refractivity contribution is -0.101. The maximum atomic E-state index is 6.35. The normalized spacial score (nSPS) is 25.6. The van der Waals surface area contributed by atoms with Crippen molar-refractivity contribution in [3.8, 4) is 0 Å². The van der Waals surface area contributed by atoms with Crippen molar-refractivity contribution in [2.24, 2.45) is 5.73 Å². The number of hydrogen-bond donors (Lipinski definition) is 1. The Bertz CT molecular complexity index is 434. The van der Waals surface area contributed by atoms with E-state index in [0.717, 1.165) is 38.5 Å². The number of rotatable bonds is 3. The summed E-state index contributed by atoms with van der Waals surface area (Å²) in [5.74, 6) is 1.17. The van der Waals surface area contributed by atoms with Crippen LogP contribution in [-0.2, 0) is 20.6 Å². The van der Waals surface area contributed by atoms with Crippen molar-refractivity contribution >= 4 is 0 Å². The molecule has 1 aliphatic heterocycles. The topological polar surface area (TPSA) is 83.4 Å². The van der Waals surface area contributed by atoms with Gasteiger partial charge < -0.3 is 19.7 Å². The van der Waals surface area contributed by atoms with Gasteiger partial charge in [0.25, 0.3) is 0 Å². The largest absolute Gasteiger partial charge is 0.381 e. The number of methoxy groups -OCH3 is 1. The molecule has 1 aromatic rings. The SMILES string of the molecule is COC1(c2noc(C3(N)CCCC3)n2)CCOCC1. The van der Waals surface area contributed by atoms with Crippen LogP contribution in [0.3, 0.4) is 0 Å². The molecule has 1 saturated heterocycles. The highest BCUT2D eigenvalue weighted by molar-refractivity contribution is 5.09. The van der Waals surface area contributed by atoms with Gasteiger partial charge >= 0.3 is 0 Å². The Morgan fingerprint density at radius 3 is 2.47 bits per heavy atom. The summed E-state index contributed by atoms with van der Waals surface area (Å²) in [6.45, 7) is 1.32. The molecule has 2 aliphatic rings. The molecule has 1 saturated carbocycles. The van der Waals surface area contributed by atoms with E-state index in [0.29, 0.717) is 24.9 Å². The Morgan fingerprint density at radius 2 is 1.84 bits per heavy atom. The Kier molecular flexibility index (Phi) is 3.32. The first-order valence-corrected chi connectivity index (χ1v) is 6.95. The summed E-state index contributed by atoms with van der Waals surface area (Å²) in [7, 11) is 1.69. The molecule has 0 spiro atoms. The van der Waals surface area contributed by atoms with Crippen LogP contribution < -0.4 is 5.73 Å². The van der Waals surface area contributed by atoms with Crippen LogP contribution in [-0.4, -0.2) is 30.5 Å². The second-order valence-corrected chi connectivity index (χ2v) is 5.60. The molecule has 19 heavy (non-hydrogen) atoms. The van der Waals surface area contributed by atoms with Gasteiger partial charge in [0.1, 0.15) is 5.60 Å². The van der Waals surface area contributed by atoms with Crippen molar-refractivity contribution < 1.29 is 14.0 Å². The first kappa shape index (κ1) is 13.0. The lowest BCUT2D eigenvalue weighted by atomic mass is 9.93. The molecule has 2 heterocycles. The molecule has 1 aromatic heterocycles. The monoisotopic (exact) mass is 267 g/mol. The highest BCUT2D eigenvalue weighted by Crippen LogP contribution is 2.38. The van der Waals surface area contributed by atoms with Gasteiger partial charge in [-0.2, -0.15) is 4.98 Å². The second-order valence-electron chi connectivity index (χ2n) is 5.60. The molecule has 6 heteroatoms. The number of aromatic nitrogens is 2. The van der Waals surface area contributed by atoms with Crippen LogP contribution in [0.5, 0.6) is 0 Å². The summed E-state index contributed by atoms with van der Waals surface area (Å²) >= 11 is 0. The fraction of sp³-hybridized carbons (Fsp3) is 0.846. The van der Waals surface area contributed by atoms with Gasteiger partial charge in [-0.25, -0.2) is 0 Å². The van der Waals surface area contributed by atoms with Crippen molar-refractivity contribution in [2.45, 2.75) is 49.7 Å². The van der Waals surface area contributed by atoms with Crippen LogP contribution in [0.15, 0.2) is 4.52 Å². The van der Waals surface area contributed by atoms with E-state index in [-0.39, 0.29) is 0 Å². The van der Waals surface area contributed by atoms with E-state index >= 15 is 0 Å². The molecule has 0 aromatic carbocycles. The van der Waals surface area contributed by atoms with E-state index in [9.17, 15) is 0 Å². The molecule has 6 nitrogen and oxygen atoms in total. The third kappa shape index (κ3) is 2.17. The lowest BCUT2D eigenvalue weighted by Gasteiger charge is -2.32. The van der Waals surface area contributed by atoms with Gasteiger partial charge in [0, 0.05) is 33.2 Å². The van der Waals surface area contributed by atoms with E-state index in [1.165, 1.54) is 0 Å². The van der Waals surface area contributed by atoms with E-state index < -0.39 is 11.1 Å². The van der Waals surface area contributed by atoms with E-state index in [2.05, 4.69) is 10.1 Å². The van der Waals surface area contributed by atoms with Crippen LogP contribution in [0.2, 0.25) is 0 Å². The fourth-order valence-corrected chi connectivity index (χ4v) is 3.05. The lowest BCUT2D eigenvalue weighted by Crippen LogP contribution is -2.37. The van der Waals surface area contributed by atoms with Gasteiger partial charge in [0.05, 0.1) is 5.54 Å². The summed E-state index contributed by atoms with van der Waals surface area (Å²) in [4.78, 5) is 4.55. The smallest absolute Gasteiger partial charge is 0.246 e. The van der Waals surface area contributed by atoms with Crippen LogP contribution in [0.4, 0.5) is 0 Å². The van der Waals surface area contributed by atoms with Gasteiger partial charge in [0.2, 0.25) is 11.7 Å². The number of hydrogen-bond acceptors (Lipinski definition) is 6. The van der Waals surface area contributed by atoms with Crippen LogP contribution >= 0.6 is 0 Å². The Labute approximate surface area is 112 Å². The Hall–Kier alpha value is -0.980. The zero-order valence-electron chi connectivity index (χ0n) is 11.4. The summed E-state index contributed by atoms with van der Waals surface area (Å²) < 4.78 is 16.5. The van der Waals surface area contributed by atoms with Gasteiger partial charge in [-0.05, 0) is 12.8 Å². The molecule has 0 unspecified atom stereocenters. The molecule has 106 valence electrons. The quantitative estimate of drug-likeness (QED) is 0.892. The maximum Gasteiger partial charge on any atom is 0.246 e. The van der Waals surface area contributed by atoms with Gasteiger partial charge in [-0.3, -0.25) is 0 Å². The number of ether oxygens (including phenoxy) is 2. The first-order valence-electron chi connectivity index (χ1n) is 6.95. The van der Waals surface area contributed by atoms with Gasteiger partial charge in [-0.15, -0.1) is 0 Å². The van der Waals surface area contributed by atoms with Crippen LogP contribution in [0.1, 0.15) is 50.2 Å². The molecule has 1 aliphatic carbocycles. The maximum absolute atomic E-state index is 6.35. The average molecular weight is 267 g/mol. The van der Waals surface area contributed by atoms with E-state index in [4.69, 9.17) is 19.7 Å². The molecule has 0 bridgehead atoms. The average Bonchev–Trinajstić information content (AvgIpc) is 3.09. The predicted molar refractivity (Wildman–Crippen MR) is 67.4 cm³/mol. The van der Waals surface area contributed by atoms with Crippen molar-refractivity contribution in [1.29, 1.82) is 0 Å². The first-order chi connectivity index (χ1) is 9.19. The van der Waals surface area contributed by atoms with Crippen molar-refractivity contribution in [3.63, 3.8) is 0 Å². The van der Waals surface area contributed by atoms with Crippen LogP contribution in [0, 0.1) is 0 Å². The van der Waals surface area contributed by atoms with Gasteiger partial charge in [0.15, 0.2) is 0 Å². The van der Waals surface area contributed by atoms with Crippen molar-refractivity contribution in [1.82, 2.24) is 10.1 Å². The second kappa shape index (κ2) is 4.85. The summed E-state index contributed by atoms with van der Waals surface area (Å²) in [6, 6.07) is 0. The summed E-state index contributed by atoms with van der Waals surface area (Å²) in [6.07, 6.45) is 5.57. The Balaban J connectivity index is 1.87. The minimum absolute atomic E-state index is 0.439. The van der Waals surface area contributed by atoms with Crippen molar-refractivity contribution in [3.05, 3.63) is 11.7 Å².